The SMILES string of the molecule is CCCCCC(NC(=O)C(NC(=O)COCCOCCN)C(C)OCc1ccccc1)C(=O)N1CCCC1C(=O)N1CCCC1C(=O)NC(CCCN=C(N)N[N+](=O)[O-])C(=O)OCc1ccccc1.CNCCOCCOCC(=O)O. The molecule has 4 rings (SSSR count). The minimum absolute atomic E-state index is 0.00224. The van der Waals surface area contributed by atoms with Gasteiger partial charge in [-0.2, -0.15) is 0 Å². The van der Waals surface area contributed by atoms with Crippen molar-refractivity contribution in [3.8, 4) is 0 Å². The molecule has 2 aliphatic rings. The van der Waals surface area contributed by atoms with E-state index in [1.165, 1.54) is 9.80 Å². The fourth-order valence-corrected chi connectivity index (χ4v) is 8.60. The summed E-state index contributed by atoms with van der Waals surface area (Å²) in [6, 6.07) is 13.0. The van der Waals surface area contributed by atoms with Crippen molar-refractivity contribution < 1.29 is 72.1 Å². The number of carbonyl (C=O) groups excluding carboxylic acids is 6. The van der Waals surface area contributed by atoms with Crippen LogP contribution in [0.5, 0.6) is 0 Å². The first-order valence-corrected chi connectivity index (χ1v) is 27.5. The van der Waals surface area contributed by atoms with Gasteiger partial charge in [-0.1, -0.05) is 92.3 Å². The molecule has 27 nitrogen and oxygen atoms in total. The van der Waals surface area contributed by atoms with Gasteiger partial charge in [-0.3, -0.25) is 24.0 Å². The standard InChI is InChI=1S/C47H70N10O12.C7H15NO4/c1-3-4-7-19-36(51-43(60)41(33(2)68-30-34-15-8-5-9-16-34)53-40(58)32-67-29-28-66-27-23-48)44(61)56-26-14-22-39(56)45(62)55-25-13-21-38(55)42(59)52-37(20-12-24-50-47(49)54-57(64)65)46(63)69-31-35-17-10-6-11-18-35;1-8-2-3-11-4-5-12-6-7(9)10/h5-6,8-11,15-18,33,36-39,41H,3-4,7,12-14,19-32,48H2,1-2H3,(H,51,60)(H,52,59)(H,53,58)(H3,49,50,54);8H,2-6H2,1H3,(H,9,10). The van der Waals surface area contributed by atoms with Crippen LogP contribution >= 0.6 is 0 Å². The Balaban J connectivity index is 0.00000128. The molecule has 0 aliphatic carbocycles. The van der Waals surface area contributed by atoms with Gasteiger partial charge in [0.25, 0.3) is 5.96 Å². The van der Waals surface area contributed by atoms with E-state index in [2.05, 4.69) is 26.3 Å². The maximum atomic E-state index is 14.6. The zero-order chi connectivity index (χ0) is 59.2. The molecule has 0 saturated carbocycles. The molecular formula is C54H85N11O16. The van der Waals surface area contributed by atoms with Gasteiger partial charge in [0.05, 0.1) is 52.4 Å². The molecule has 2 aromatic rings. The number of nitro groups is 1. The highest BCUT2D eigenvalue weighted by Gasteiger charge is 2.44. The third-order valence-electron chi connectivity index (χ3n) is 12.7. The highest BCUT2D eigenvalue weighted by molar-refractivity contribution is 5.97. The molecule has 2 fully saturated rings. The number of likely N-dealkylation sites (N-methyl/N-ethyl adjacent to an activating group) is 1. The fraction of sp³-hybridized carbons (Fsp3) is 0.630. The molecule has 6 atom stereocenters. The maximum absolute atomic E-state index is 14.6. The number of aliphatic carboxylic acids is 1. The third-order valence-corrected chi connectivity index (χ3v) is 12.7. The van der Waals surface area contributed by atoms with E-state index in [-0.39, 0.29) is 78.5 Å². The summed E-state index contributed by atoms with van der Waals surface area (Å²) < 4.78 is 32.2. The van der Waals surface area contributed by atoms with Crippen LogP contribution in [0.25, 0.3) is 0 Å². The number of likely N-dealkylation sites (tertiary alicyclic amines) is 2. The van der Waals surface area contributed by atoms with Crippen LogP contribution in [-0.4, -0.2) is 196 Å². The van der Waals surface area contributed by atoms with Crippen molar-refractivity contribution in [1.82, 2.24) is 36.5 Å². The monoisotopic (exact) mass is 1140 g/mol. The lowest BCUT2D eigenvalue weighted by Crippen LogP contribution is -2.60. The summed E-state index contributed by atoms with van der Waals surface area (Å²) in [4.78, 5) is 111. The number of aliphatic imine (C=N–C) groups is 1. The number of esters is 1. The summed E-state index contributed by atoms with van der Waals surface area (Å²) in [6.45, 7) is 6.85. The first kappa shape index (κ1) is 68.4. The number of unbranched alkanes of at least 4 members (excludes halogenated alkanes) is 2. The molecule has 6 unspecified atom stereocenters. The Morgan fingerprint density at radius 1 is 0.765 bits per heavy atom. The minimum Gasteiger partial charge on any atom is -0.480 e. The van der Waals surface area contributed by atoms with Crippen molar-refractivity contribution in [2.45, 2.75) is 128 Å². The quantitative estimate of drug-likeness (QED) is 0.0114. The highest BCUT2D eigenvalue weighted by atomic mass is 16.7. The lowest BCUT2D eigenvalue weighted by atomic mass is 10.0. The predicted molar refractivity (Wildman–Crippen MR) is 296 cm³/mol. The zero-order valence-electron chi connectivity index (χ0n) is 46.9. The number of rotatable bonds is 38. The van der Waals surface area contributed by atoms with Crippen LogP contribution in [0.2, 0.25) is 0 Å². The van der Waals surface area contributed by atoms with E-state index >= 15 is 0 Å². The Hall–Kier alpha value is -6.88. The number of carboxylic acid groups (broad SMARTS) is 1. The van der Waals surface area contributed by atoms with Crippen molar-refractivity contribution in [3.63, 3.8) is 0 Å². The number of hydrogen-bond donors (Lipinski definition) is 8. The van der Waals surface area contributed by atoms with E-state index in [0.717, 1.165) is 30.5 Å². The molecule has 2 aliphatic heterocycles. The summed E-state index contributed by atoms with van der Waals surface area (Å²) in [6.07, 6.45) is 3.50. The van der Waals surface area contributed by atoms with Gasteiger partial charge in [-0.25, -0.2) is 24.7 Å². The molecule has 0 spiro atoms. The number of carboxylic acids is 1. The average Bonchev–Trinajstić information content (AvgIpc) is 4.18. The number of nitrogens with one attached hydrogen (secondary N) is 5. The number of hydrazine groups is 1. The molecule has 2 heterocycles. The van der Waals surface area contributed by atoms with Crippen LogP contribution in [0, 0.1) is 10.1 Å². The summed E-state index contributed by atoms with van der Waals surface area (Å²) in [5, 5.41) is 29.3. The maximum Gasteiger partial charge on any atom is 0.329 e. The molecule has 2 saturated heterocycles. The van der Waals surface area contributed by atoms with Crippen LogP contribution in [0.15, 0.2) is 65.7 Å². The number of amides is 5. The van der Waals surface area contributed by atoms with Crippen molar-refractivity contribution in [2.24, 2.45) is 16.5 Å². The van der Waals surface area contributed by atoms with E-state index in [9.17, 15) is 43.7 Å². The number of ether oxygens (including phenoxy) is 6. The van der Waals surface area contributed by atoms with Gasteiger partial charge < -0.3 is 76.1 Å². The van der Waals surface area contributed by atoms with Crippen LogP contribution in [0.4, 0.5) is 0 Å². The van der Waals surface area contributed by atoms with Crippen molar-refractivity contribution in [2.75, 3.05) is 92.6 Å². The van der Waals surface area contributed by atoms with Gasteiger partial charge in [0.2, 0.25) is 29.5 Å². The van der Waals surface area contributed by atoms with E-state index in [4.69, 9.17) is 45.0 Å². The largest absolute Gasteiger partial charge is 0.480 e. The molecule has 27 heteroatoms. The number of nitrogens with zero attached hydrogens (tertiary/aromatic N) is 4. The molecule has 452 valence electrons. The van der Waals surface area contributed by atoms with Gasteiger partial charge in [-0.05, 0) is 70.0 Å². The molecule has 10 N–H and O–H groups in total. The van der Waals surface area contributed by atoms with Crippen LogP contribution in [0.3, 0.4) is 0 Å². The lowest BCUT2D eigenvalue weighted by Gasteiger charge is -2.34. The Labute approximate surface area is 473 Å². The van der Waals surface area contributed by atoms with Gasteiger partial charge in [-0.15, -0.1) is 0 Å². The Bertz CT molecular complexity index is 2230. The van der Waals surface area contributed by atoms with Gasteiger partial charge in [0, 0.05) is 32.7 Å². The second-order valence-corrected chi connectivity index (χ2v) is 19.0. The molecule has 0 aromatic heterocycles. The Kier molecular flexibility index (Phi) is 34.0. The molecule has 5 amide bonds. The number of guanidine groups is 1. The molecular weight excluding hydrogens is 1060 g/mol. The summed E-state index contributed by atoms with van der Waals surface area (Å²) in [5.74, 6) is -4.79. The lowest BCUT2D eigenvalue weighted by molar-refractivity contribution is -0.525. The molecule has 0 radical (unpaired) electrons. The zero-order valence-corrected chi connectivity index (χ0v) is 46.9. The number of hydrogen-bond acceptors (Lipinski definition) is 18. The predicted octanol–water partition coefficient (Wildman–Crippen LogP) is 0.543. The highest BCUT2D eigenvalue weighted by Crippen LogP contribution is 2.27. The number of carbonyl (C=O) groups is 7. The topological polar surface area (TPSA) is 369 Å². The second kappa shape index (κ2) is 40.3. The van der Waals surface area contributed by atoms with Crippen molar-refractivity contribution in [1.29, 1.82) is 0 Å². The van der Waals surface area contributed by atoms with Crippen molar-refractivity contribution in [3.05, 3.63) is 81.9 Å². The van der Waals surface area contributed by atoms with Gasteiger partial charge >= 0.3 is 11.9 Å². The third kappa shape index (κ3) is 27.4. The van der Waals surface area contributed by atoms with E-state index in [0.29, 0.717) is 65.1 Å². The first-order valence-electron chi connectivity index (χ1n) is 27.5. The summed E-state index contributed by atoms with van der Waals surface area (Å²) in [5.41, 5.74) is 14.3. The Morgan fingerprint density at radius 2 is 1.37 bits per heavy atom. The average molecular weight is 1140 g/mol. The van der Waals surface area contributed by atoms with Gasteiger partial charge in [0.15, 0.2) is 5.03 Å². The van der Waals surface area contributed by atoms with Crippen molar-refractivity contribution >= 4 is 47.4 Å². The van der Waals surface area contributed by atoms with E-state index < -0.39 is 88.8 Å². The van der Waals surface area contributed by atoms with Gasteiger partial charge in [0.1, 0.15) is 50.0 Å². The number of benzene rings is 2. The smallest absolute Gasteiger partial charge is 0.329 e. The normalized spacial score (nSPS) is 16.5. The molecule has 2 aromatic carbocycles. The fourth-order valence-electron chi connectivity index (χ4n) is 8.60. The molecule has 81 heavy (non-hydrogen) atoms. The van der Waals surface area contributed by atoms with Crippen LogP contribution in [-0.2, 0) is 75.2 Å². The summed E-state index contributed by atoms with van der Waals surface area (Å²) >= 11 is 0. The van der Waals surface area contributed by atoms with Crippen LogP contribution < -0.4 is 38.2 Å². The second-order valence-electron chi connectivity index (χ2n) is 19.0. The van der Waals surface area contributed by atoms with Crippen LogP contribution in [0.1, 0.15) is 89.2 Å². The minimum atomic E-state index is -1.23. The number of nitrogens with two attached hydrogens (primary N) is 2. The first-order chi connectivity index (χ1) is 39.1. The van der Waals surface area contributed by atoms with E-state index in [1.807, 2.05) is 50.4 Å². The summed E-state index contributed by atoms with van der Waals surface area (Å²) in [7, 11) is 1.84. The molecule has 0 bridgehead atoms. The Morgan fingerprint density at radius 3 is 2.00 bits per heavy atom. The van der Waals surface area contributed by atoms with E-state index in [1.54, 1.807) is 36.6 Å².